The lowest BCUT2D eigenvalue weighted by Gasteiger charge is -2.20. The molecule has 0 radical (unpaired) electrons. The van der Waals surface area contributed by atoms with E-state index in [1.165, 1.54) is 17.4 Å². The van der Waals surface area contributed by atoms with Crippen LogP contribution in [0, 0.1) is 11.6 Å². The van der Waals surface area contributed by atoms with Gasteiger partial charge in [-0.25, -0.2) is 18.2 Å². The van der Waals surface area contributed by atoms with Crippen LogP contribution in [0.5, 0.6) is 0 Å². The molecule has 1 aromatic carbocycles. The van der Waals surface area contributed by atoms with Crippen LogP contribution in [0.4, 0.5) is 13.2 Å². The average Bonchev–Trinajstić information content (AvgIpc) is 3.09. The van der Waals surface area contributed by atoms with Crippen molar-refractivity contribution in [2.45, 2.75) is 19.3 Å². The highest BCUT2D eigenvalue weighted by atomic mass is 32.1. The van der Waals surface area contributed by atoms with E-state index < -0.39 is 17.8 Å². The highest BCUT2D eigenvalue weighted by molar-refractivity contribution is 7.09. The molecule has 3 rings (SSSR count). The first-order valence-corrected chi connectivity index (χ1v) is 8.09. The Kier molecular flexibility index (Phi) is 5.14. The second-order valence-corrected chi connectivity index (χ2v) is 6.09. The fourth-order valence-electron chi connectivity index (χ4n) is 2.04. The molecule has 0 amide bonds. The van der Waals surface area contributed by atoms with Crippen LogP contribution < -0.4 is 5.32 Å². The van der Waals surface area contributed by atoms with Crippen LogP contribution in [0.1, 0.15) is 10.4 Å². The zero-order chi connectivity index (χ0) is 16.9. The van der Waals surface area contributed by atoms with E-state index >= 15 is 0 Å². The van der Waals surface area contributed by atoms with Crippen molar-refractivity contribution in [3.63, 3.8) is 0 Å². The molecule has 1 atom stereocenters. The number of nitrogens with one attached hydrogen (secondary N) is 1. The minimum Gasteiger partial charge on any atom is -0.460 e. The number of nitrogens with zero attached hydrogens (tertiary/aromatic N) is 2. The molecule has 1 aliphatic heterocycles. The number of benzene rings is 1. The lowest BCUT2D eigenvalue weighted by atomic mass is 10.2. The van der Waals surface area contributed by atoms with Gasteiger partial charge in [0.15, 0.2) is 17.8 Å². The number of amidine groups is 2. The maximum absolute atomic E-state index is 13.9. The number of aliphatic imine (C=N–C) groups is 2. The molecule has 1 unspecified atom stereocenters. The molecule has 2 aromatic rings. The van der Waals surface area contributed by atoms with Crippen molar-refractivity contribution in [2.24, 2.45) is 9.98 Å². The standard InChI is InChI=1S/C16H14F3N3OS/c17-12-4-3-10(6-13(12)18)9-23-16-21-8-14(19)15(22-16)20-7-11-2-1-5-24-11/h1-6,14H,7-9H2,(H,20,21,22). The van der Waals surface area contributed by atoms with Gasteiger partial charge in [0.05, 0.1) is 13.1 Å². The lowest BCUT2D eigenvalue weighted by Crippen LogP contribution is -2.44. The first kappa shape index (κ1) is 16.5. The van der Waals surface area contributed by atoms with Crippen LogP contribution >= 0.6 is 11.3 Å². The Bertz CT molecular complexity index is 762. The molecule has 0 fully saturated rings. The monoisotopic (exact) mass is 353 g/mol. The molecule has 1 aliphatic rings. The highest BCUT2D eigenvalue weighted by Gasteiger charge is 2.22. The maximum atomic E-state index is 13.9. The van der Waals surface area contributed by atoms with E-state index in [9.17, 15) is 13.2 Å². The maximum Gasteiger partial charge on any atom is 0.290 e. The summed E-state index contributed by atoms with van der Waals surface area (Å²) in [5.41, 5.74) is 0.442. The quantitative estimate of drug-likeness (QED) is 0.915. The van der Waals surface area contributed by atoms with Crippen molar-refractivity contribution >= 4 is 23.2 Å². The number of ether oxygens (including phenoxy) is 1. The second kappa shape index (κ2) is 7.48. The fourth-order valence-corrected chi connectivity index (χ4v) is 2.67. The van der Waals surface area contributed by atoms with Crippen LogP contribution in [0.15, 0.2) is 45.7 Å². The lowest BCUT2D eigenvalue weighted by molar-refractivity contribution is 0.273. The summed E-state index contributed by atoms with van der Waals surface area (Å²) in [7, 11) is 0. The molecular weight excluding hydrogens is 339 g/mol. The highest BCUT2D eigenvalue weighted by Crippen LogP contribution is 2.12. The van der Waals surface area contributed by atoms with Gasteiger partial charge in [-0.2, -0.15) is 0 Å². The molecule has 126 valence electrons. The summed E-state index contributed by atoms with van der Waals surface area (Å²) < 4.78 is 45.3. The van der Waals surface area contributed by atoms with Crippen molar-refractivity contribution in [3.05, 3.63) is 57.8 Å². The van der Waals surface area contributed by atoms with Crippen LogP contribution in [-0.4, -0.2) is 24.6 Å². The molecule has 0 saturated carbocycles. The van der Waals surface area contributed by atoms with Crippen LogP contribution in [0.25, 0.3) is 0 Å². The van der Waals surface area contributed by atoms with Gasteiger partial charge in [0.1, 0.15) is 12.4 Å². The first-order valence-electron chi connectivity index (χ1n) is 7.21. The van der Waals surface area contributed by atoms with E-state index in [4.69, 9.17) is 4.74 Å². The van der Waals surface area contributed by atoms with Crippen molar-refractivity contribution < 1.29 is 17.9 Å². The fraction of sp³-hybridized carbons (Fsp3) is 0.250. The molecule has 0 aliphatic carbocycles. The number of alkyl halides is 1. The largest absolute Gasteiger partial charge is 0.460 e. The summed E-state index contributed by atoms with van der Waals surface area (Å²) >= 11 is 1.54. The van der Waals surface area contributed by atoms with Crippen molar-refractivity contribution in [2.75, 3.05) is 6.54 Å². The molecule has 1 aromatic heterocycles. The Hall–Kier alpha value is -2.35. The Labute approximate surface area is 140 Å². The summed E-state index contributed by atoms with van der Waals surface area (Å²) in [5.74, 6) is -1.72. The predicted octanol–water partition coefficient (Wildman–Crippen LogP) is 3.44. The number of rotatable bonds is 4. The summed E-state index contributed by atoms with van der Waals surface area (Å²) in [6.45, 7) is 0.262. The third-order valence-corrected chi connectivity index (χ3v) is 4.13. The van der Waals surface area contributed by atoms with Crippen LogP contribution in [-0.2, 0) is 17.9 Å². The Morgan fingerprint density at radius 3 is 2.92 bits per heavy atom. The molecule has 0 saturated heterocycles. The number of thiophene rings is 1. The predicted molar refractivity (Wildman–Crippen MR) is 86.9 cm³/mol. The van der Waals surface area contributed by atoms with Gasteiger partial charge >= 0.3 is 0 Å². The van der Waals surface area contributed by atoms with E-state index in [0.717, 1.165) is 17.0 Å². The Morgan fingerprint density at radius 2 is 2.17 bits per heavy atom. The van der Waals surface area contributed by atoms with E-state index in [1.807, 2.05) is 17.5 Å². The number of hydrogen-bond donors (Lipinski definition) is 1. The van der Waals surface area contributed by atoms with Crippen molar-refractivity contribution in [1.82, 2.24) is 5.32 Å². The van der Waals surface area contributed by atoms with Gasteiger partial charge in [-0.05, 0) is 29.1 Å². The number of halogens is 3. The summed E-state index contributed by atoms with van der Waals surface area (Å²) in [6.07, 6.45) is -1.32. The summed E-state index contributed by atoms with van der Waals surface area (Å²) in [6, 6.07) is 7.40. The minimum atomic E-state index is -1.32. The van der Waals surface area contributed by atoms with Gasteiger partial charge in [0.2, 0.25) is 0 Å². The summed E-state index contributed by atoms with van der Waals surface area (Å²) in [4.78, 5) is 9.15. The Balaban J connectivity index is 1.60. The molecular formula is C16H14F3N3OS. The van der Waals surface area contributed by atoms with E-state index in [-0.39, 0.29) is 25.0 Å². The van der Waals surface area contributed by atoms with Crippen LogP contribution in [0.2, 0.25) is 0 Å². The van der Waals surface area contributed by atoms with Crippen LogP contribution in [0.3, 0.4) is 0 Å². The molecule has 0 bridgehead atoms. The molecule has 0 spiro atoms. The van der Waals surface area contributed by atoms with E-state index in [2.05, 4.69) is 15.3 Å². The molecule has 1 N–H and O–H groups in total. The third kappa shape index (κ3) is 4.14. The van der Waals surface area contributed by atoms with Gasteiger partial charge in [-0.1, -0.05) is 12.1 Å². The number of hydrogen-bond acceptors (Lipinski definition) is 4. The van der Waals surface area contributed by atoms with Gasteiger partial charge in [0.25, 0.3) is 6.02 Å². The van der Waals surface area contributed by atoms with Crippen molar-refractivity contribution in [3.8, 4) is 0 Å². The molecule has 2 heterocycles. The topological polar surface area (TPSA) is 46.0 Å². The minimum absolute atomic E-state index is 0.0157. The third-order valence-electron chi connectivity index (χ3n) is 3.27. The zero-order valence-electron chi connectivity index (χ0n) is 12.5. The zero-order valence-corrected chi connectivity index (χ0v) is 13.3. The summed E-state index contributed by atoms with van der Waals surface area (Å²) in [5, 5.41) is 4.63. The first-order chi connectivity index (χ1) is 11.6. The van der Waals surface area contributed by atoms with Crippen molar-refractivity contribution in [1.29, 1.82) is 0 Å². The Morgan fingerprint density at radius 1 is 1.29 bits per heavy atom. The van der Waals surface area contributed by atoms with E-state index in [0.29, 0.717) is 12.1 Å². The SMILES string of the molecule is Fc1ccc(COC2=NCC(F)C(=NCc3cccs3)N2)cc1F. The molecule has 4 nitrogen and oxygen atoms in total. The molecule has 8 heteroatoms. The second-order valence-electron chi connectivity index (χ2n) is 5.06. The van der Waals surface area contributed by atoms with Gasteiger partial charge in [-0.15, -0.1) is 11.3 Å². The van der Waals surface area contributed by atoms with Gasteiger partial charge in [-0.3, -0.25) is 10.3 Å². The van der Waals surface area contributed by atoms with Gasteiger partial charge in [0, 0.05) is 4.88 Å². The smallest absolute Gasteiger partial charge is 0.290 e. The molecule has 24 heavy (non-hydrogen) atoms. The van der Waals surface area contributed by atoms with Gasteiger partial charge < -0.3 is 4.74 Å². The van der Waals surface area contributed by atoms with E-state index in [1.54, 1.807) is 0 Å². The normalized spacial score (nSPS) is 19.0. The average molecular weight is 353 g/mol.